The van der Waals surface area contributed by atoms with Crippen molar-refractivity contribution >= 4 is 18.3 Å². The molecular weight excluding hydrogens is 202 g/mol. The van der Waals surface area contributed by atoms with Crippen LogP contribution < -0.4 is 4.90 Å². The molecule has 0 aliphatic carbocycles. The van der Waals surface area contributed by atoms with Gasteiger partial charge in [-0.2, -0.15) is 12.6 Å². The second-order valence-electron chi connectivity index (χ2n) is 4.16. The number of hydrogen-bond acceptors (Lipinski definition) is 2. The summed E-state index contributed by atoms with van der Waals surface area (Å²) in [5.41, 5.74) is 2.63. The van der Waals surface area contributed by atoms with Gasteiger partial charge in [0.1, 0.15) is 0 Å². The average molecular weight is 223 g/mol. The van der Waals surface area contributed by atoms with Crippen LogP contribution in [0.1, 0.15) is 19.4 Å². The van der Waals surface area contributed by atoms with Crippen LogP contribution in [0.5, 0.6) is 0 Å². The SMILES string of the molecule is CCN(CC(C)CS)c1ccc(C)cc1. The molecule has 0 heterocycles. The summed E-state index contributed by atoms with van der Waals surface area (Å²) in [6.45, 7) is 8.70. The Labute approximate surface area is 98.9 Å². The van der Waals surface area contributed by atoms with Gasteiger partial charge < -0.3 is 4.90 Å². The van der Waals surface area contributed by atoms with Crippen LogP contribution in [-0.2, 0) is 0 Å². The number of aryl methyl sites for hydroxylation is 1. The predicted octanol–water partition coefficient (Wildman–Crippen LogP) is 3.39. The summed E-state index contributed by atoms with van der Waals surface area (Å²) in [5, 5.41) is 0. The predicted molar refractivity (Wildman–Crippen MR) is 72.1 cm³/mol. The topological polar surface area (TPSA) is 3.24 Å². The first-order chi connectivity index (χ1) is 7.17. The first-order valence-electron chi connectivity index (χ1n) is 5.59. The van der Waals surface area contributed by atoms with Gasteiger partial charge in [-0.05, 0) is 37.7 Å². The Morgan fingerprint density at radius 1 is 1.27 bits per heavy atom. The number of hydrogen-bond donors (Lipinski definition) is 1. The molecule has 1 atom stereocenters. The summed E-state index contributed by atoms with van der Waals surface area (Å²) in [6.07, 6.45) is 0. The van der Waals surface area contributed by atoms with Gasteiger partial charge in [-0.1, -0.05) is 24.6 Å². The second kappa shape index (κ2) is 6.06. The minimum atomic E-state index is 0.634. The molecule has 1 rings (SSSR count). The van der Waals surface area contributed by atoms with Gasteiger partial charge in [0.05, 0.1) is 0 Å². The minimum absolute atomic E-state index is 0.634. The Morgan fingerprint density at radius 3 is 2.33 bits per heavy atom. The van der Waals surface area contributed by atoms with Gasteiger partial charge in [-0.3, -0.25) is 0 Å². The van der Waals surface area contributed by atoms with Gasteiger partial charge in [-0.15, -0.1) is 0 Å². The van der Waals surface area contributed by atoms with E-state index in [4.69, 9.17) is 0 Å². The van der Waals surface area contributed by atoms with E-state index in [1.54, 1.807) is 0 Å². The molecule has 0 amide bonds. The third-order valence-corrected chi connectivity index (χ3v) is 3.25. The van der Waals surface area contributed by atoms with Crippen LogP contribution in [0.15, 0.2) is 24.3 Å². The Bertz CT molecular complexity index is 281. The Balaban J connectivity index is 2.69. The molecule has 0 aliphatic heterocycles. The van der Waals surface area contributed by atoms with Crippen molar-refractivity contribution < 1.29 is 0 Å². The molecule has 15 heavy (non-hydrogen) atoms. The van der Waals surface area contributed by atoms with Crippen LogP contribution in [0.25, 0.3) is 0 Å². The van der Waals surface area contributed by atoms with Crippen LogP contribution >= 0.6 is 12.6 Å². The molecule has 0 bridgehead atoms. The molecule has 0 N–H and O–H groups in total. The molecule has 1 unspecified atom stereocenters. The van der Waals surface area contributed by atoms with Crippen molar-refractivity contribution in [1.29, 1.82) is 0 Å². The van der Waals surface area contributed by atoms with Crippen molar-refractivity contribution in [2.75, 3.05) is 23.7 Å². The Hall–Kier alpha value is -0.630. The summed E-state index contributed by atoms with van der Waals surface area (Å²) in [4.78, 5) is 2.40. The van der Waals surface area contributed by atoms with E-state index < -0.39 is 0 Å². The molecule has 84 valence electrons. The van der Waals surface area contributed by atoms with Gasteiger partial charge in [0.25, 0.3) is 0 Å². The van der Waals surface area contributed by atoms with Crippen LogP contribution in [-0.4, -0.2) is 18.8 Å². The van der Waals surface area contributed by atoms with Crippen LogP contribution in [0.2, 0.25) is 0 Å². The van der Waals surface area contributed by atoms with Gasteiger partial charge in [0.15, 0.2) is 0 Å². The molecular formula is C13H21NS. The number of nitrogens with zero attached hydrogens (tertiary/aromatic N) is 1. The zero-order valence-corrected chi connectivity index (χ0v) is 10.8. The van der Waals surface area contributed by atoms with Crippen molar-refractivity contribution in [3.63, 3.8) is 0 Å². The molecule has 1 aromatic rings. The zero-order chi connectivity index (χ0) is 11.3. The summed E-state index contributed by atoms with van der Waals surface area (Å²) < 4.78 is 0. The second-order valence-corrected chi connectivity index (χ2v) is 4.53. The highest BCUT2D eigenvalue weighted by Gasteiger charge is 2.07. The fourth-order valence-electron chi connectivity index (χ4n) is 1.61. The fraction of sp³-hybridized carbons (Fsp3) is 0.538. The van der Waals surface area contributed by atoms with Crippen molar-refractivity contribution in [1.82, 2.24) is 0 Å². The van der Waals surface area contributed by atoms with E-state index in [1.165, 1.54) is 11.3 Å². The zero-order valence-electron chi connectivity index (χ0n) is 9.90. The van der Waals surface area contributed by atoms with E-state index in [1.807, 2.05) is 0 Å². The largest absolute Gasteiger partial charge is 0.372 e. The number of anilines is 1. The summed E-state index contributed by atoms with van der Waals surface area (Å²) >= 11 is 4.33. The van der Waals surface area contributed by atoms with Crippen LogP contribution in [0.4, 0.5) is 5.69 Å². The third kappa shape index (κ3) is 3.78. The lowest BCUT2D eigenvalue weighted by molar-refractivity contribution is 0.629. The molecule has 2 heteroatoms. The maximum Gasteiger partial charge on any atom is 0.0366 e. The molecule has 0 saturated carbocycles. The van der Waals surface area contributed by atoms with Crippen LogP contribution in [0, 0.1) is 12.8 Å². The Morgan fingerprint density at radius 2 is 1.87 bits per heavy atom. The lowest BCUT2D eigenvalue weighted by atomic mass is 10.1. The maximum atomic E-state index is 4.33. The number of thiol groups is 1. The normalized spacial score (nSPS) is 12.5. The first-order valence-corrected chi connectivity index (χ1v) is 6.23. The lowest BCUT2D eigenvalue weighted by Gasteiger charge is -2.26. The van der Waals surface area contributed by atoms with Crippen molar-refractivity contribution in [3.05, 3.63) is 29.8 Å². The monoisotopic (exact) mass is 223 g/mol. The fourth-order valence-corrected chi connectivity index (χ4v) is 1.72. The Kier molecular flexibility index (Phi) is 5.03. The minimum Gasteiger partial charge on any atom is -0.372 e. The molecule has 1 nitrogen and oxygen atoms in total. The average Bonchev–Trinajstić information content (AvgIpc) is 2.27. The summed E-state index contributed by atoms with van der Waals surface area (Å²) in [5.74, 6) is 1.58. The molecule has 1 aromatic carbocycles. The molecule has 0 radical (unpaired) electrons. The van der Waals surface area contributed by atoms with Crippen molar-refractivity contribution in [3.8, 4) is 0 Å². The van der Waals surface area contributed by atoms with Gasteiger partial charge in [0.2, 0.25) is 0 Å². The van der Waals surface area contributed by atoms with E-state index in [9.17, 15) is 0 Å². The molecule has 0 fully saturated rings. The maximum absolute atomic E-state index is 4.33. The van der Waals surface area contributed by atoms with E-state index in [-0.39, 0.29) is 0 Å². The van der Waals surface area contributed by atoms with Crippen molar-refractivity contribution in [2.24, 2.45) is 5.92 Å². The molecule has 0 aromatic heterocycles. The van der Waals surface area contributed by atoms with Gasteiger partial charge in [-0.25, -0.2) is 0 Å². The number of benzene rings is 1. The highest BCUT2D eigenvalue weighted by atomic mass is 32.1. The van der Waals surface area contributed by atoms with E-state index in [0.29, 0.717) is 5.92 Å². The lowest BCUT2D eigenvalue weighted by Crippen LogP contribution is -2.28. The molecule has 0 spiro atoms. The summed E-state index contributed by atoms with van der Waals surface area (Å²) in [6, 6.07) is 8.74. The van der Waals surface area contributed by atoms with Crippen LogP contribution in [0.3, 0.4) is 0 Å². The summed E-state index contributed by atoms with van der Waals surface area (Å²) in [7, 11) is 0. The van der Waals surface area contributed by atoms with E-state index >= 15 is 0 Å². The smallest absolute Gasteiger partial charge is 0.0366 e. The van der Waals surface area contributed by atoms with Crippen molar-refractivity contribution in [2.45, 2.75) is 20.8 Å². The highest BCUT2D eigenvalue weighted by molar-refractivity contribution is 7.80. The number of rotatable bonds is 5. The third-order valence-electron chi connectivity index (χ3n) is 2.62. The first kappa shape index (κ1) is 12.4. The van der Waals surface area contributed by atoms with Gasteiger partial charge >= 0.3 is 0 Å². The molecule has 0 aliphatic rings. The highest BCUT2D eigenvalue weighted by Crippen LogP contribution is 2.16. The molecule has 0 saturated heterocycles. The van der Waals surface area contributed by atoms with E-state index in [0.717, 1.165) is 18.8 Å². The quantitative estimate of drug-likeness (QED) is 0.749. The van der Waals surface area contributed by atoms with E-state index in [2.05, 4.69) is 62.6 Å². The standard InChI is InChI=1S/C13H21NS/c1-4-14(9-12(3)10-15)13-7-5-11(2)6-8-13/h5-8,12,15H,4,9-10H2,1-3H3. The van der Waals surface area contributed by atoms with Gasteiger partial charge in [0, 0.05) is 18.8 Å².